The van der Waals surface area contributed by atoms with Gasteiger partial charge >= 0.3 is 0 Å². The number of hydrogen-bond acceptors (Lipinski definition) is 9. The molecular weight excluding hydrogens is 595 g/mol. The van der Waals surface area contributed by atoms with Crippen LogP contribution in [0.2, 0.25) is 10.0 Å². The van der Waals surface area contributed by atoms with E-state index in [0.717, 1.165) is 6.42 Å². The summed E-state index contributed by atoms with van der Waals surface area (Å²) in [6.45, 7) is 4.73. The number of amides is 1. The van der Waals surface area contributed by atoms with E-state index in [4.69, 9.17) is 47.1 Å². The van der Waals surface area contributed by atoms with E-state index < -0.39 is 0 Å². The molecule has 0 unspecified atom stereocenters. The molecule has 5 aromatic rings. The lowest BCUT2D eigenvalue weighted by atomic mass is 10.0. The molecule has 0 aliphatic carbocycles. The summed E-state index contributed by atoms with van der Waals surface area (Å²) in [6.07, 6.45) is 7.06. The number of nitrogens with zero attached hydrogens (tertiary/aromatic N) is 4. The van der Waals surface area contributed by atoms with Crippen LogP contribution in [0.15, 0.2) is 61.6 Å². The molecule has 1 atom stereocenters. The molecular formula is C30H26Cl2N6O5. The second-order valence-corrected chi connectivity index (χ2v) is 10.3. The Labute approximate surface area is 256 Å². The van der Waals surface area contributed by atoms with Gasteiger partial charge in [-0.2, -0.15) is 4.98 Å². The van der Waals surface area contributed by atoms with Crippen LogP contribution in [-0.2, 0) is 9.53 Å². The Morgan fingerprint density at radius 1 is 1.09 bits per heavy atom. The quantitative estimate of drug-likeness (QED) is 0.183. The molecule has 0 spiro atoms. The van der Waals surface area contributed by atoms with Gasteiger partial charge < -0.3 is 29.6 Å². The SMILES string of the molecule is C=CC(=O)Nc1cc(O[C@@H]2CCOC2)ccc1Nc1ncc2cc(-c3c(Cl)c(OC)cc(OC)c3Cl)c3nccn3c2n1. The van der Waals surface area contributed by atoms with Gasteiger partial charge in [-0.3, -0.25) is 9.20 Å². The van der Waals surface area contributed by atoms with Crippen LogP contribution in [0.5, 0.6) is 17.2 Å². The van der Waals surface area contributed by atoms with Crippen molar-refractivity contribution in [2.45, 2.75) is 12.5 Å². The fraction of sp³-hybridized carbons (Fsp3) is 0.200. The standard InChI is InChI=1S/C30H26Cl2N6O5/c1-4-24(39)35-21-12-17(43-18-7-10-42-15-18)5-6-20(21)36-30-34-14-16-11-19(29-33-8-9-38(29)28(16)37-30)25-26(31)22(40-2)13-23(41-3)27(25)32/h4-6,8-9,11-14,18H,1,7,10,15H2,2-3H3,(H,35,39)(H,34,36,37)/t18-/m1/s1. The van der Waals surface area contributed by atoms with Gasteiger partial charge in [-0.05, 0) is 24.3 Å². The summed E-state index contributed by atoms with van der Waals surface area (Å²) in [7, 11) is 3.04. The fourth-order valence-corrected chi connectivity index (χ4v) is 5.55. The predicted octanol–water partition coefficient (Wildman–Crippen LogP) is 6.30. The van der Waals surface area contributed by atoms with Gasteiger partial charge in [0, 0.05) is 53.7 Å². The first-order valence-corrected chi connectivity index (χ1v) is 14.0. The van der Waals surface area contributed by atoms with Crippen LogP contribution in [0.25, 0.3) is 27.8 Å². The molecule has 13 heteroatoms. The minimum Gasteiger partial charge on any atom is -0.495 e. The Hall–Kier alpha value is -4.58. The van der Waals surface area contributed by atoms with Crippen LogP contribution in [0.3, 0.4) is 0 Å². The van der Waals surface area contributed by atoms with E-state index in [1.165, 1.54) is 20.3 Å². The molecule has 1 saturated heterocycles. The Kier molecular flexibility index (Phi) is 7.94. The van der Waals surface area contributed by atoms with Gasteiger partial charge in [0.25, 0.3) is 0 Å². The highest BCUT2D eigenvalue weighted by atomic mass is 35.5. The Morgan fingerprint density at radius 3 is 2.58 bits per heavy atom. The van der Waals surface area contributed by atoms with Crippen molar-refractivity contribution in [3.05, 3.63) is 71.6 Å². The third-order valence-corrected chi connectivity index (χ3v) is 7.67. The van der Waals surface area contributed by atoms with Crippen LogP contribution in [0.4, 0.5) is 17.3 Å². The highest BCUT2D eigenvalue weighted by Gasteiger charge is 2.23. The van der Waals surface area contributed by atoms with Crippen LogP contribution < -0.4 is 24.8 Å². The second kappa shape index (κ2) is 12.0. The Bertz CT molecular complexity index is 1840. The number of anilines is 3. The summed E-state index contributed by atoms with van der Waals surface area (Å²) in [5, 5.41) is 7.36. The number of carbonyl (C=O) groups is 1. The van der Waals surface area contributed by atoms with Gasteiger partial charge in [-0.25, -0.2) is 9.97 Å². The summed E-state index contributed by atoms with van der Waals surface area (Å²) >= 11 is 13.5. The molecule has 0 radical (unpaired) electrons. The van der Waals surface area contributed by atoms with Crippen molar-refractivity contribution in [3.63, 3.8) is 0 Å². The van der Waals surface area contributed by atoms with E-state index in [1.54, 1.807) is 36.8 Å². The minimum atomic E-state index is -0.372. The molecule has 0 saturated carbocycles. The zero-order valence-corrected chi connectivity index (χ0v) is 24.7. The maximum Gasteiger partial charge on any atom is 0.247 e. The summed E-state index contributed by atoms with van der Waals surface area (Å²) in [6, 6.07) is 8.82. The molecule has 220 valence electrons. The van der Waals surface area contributed by atoms with Gasteiger partial charge in [0.1, 0.15) is 29.0 Å². The predicted molar refractivity (Wildman–Crippen MR) is 165 cm³/mol. The van der Waals surface area contributed by atoms with E-state index in [9.17, 15) is 4.79 Å². The number of ether oxygens (including phenoxy) is 4. The number of halogens is 2. The molecule has 2 aromatic carbocycles. The zero-order valence-electron chi connectivity index (χ0n) is 23.2. The van der Waals surface area contributed by atoms with Gasteiger partial charge in [0.15, 0.2) is 5.65 Å². The monoisotopic (exact) mass is 620 g/mol. The van der Waals surface area contributed by atoms with Crippen molar-refractivity contribution in [1.82, 2.24) is 19.4 Å². The molecule has 43 heavy (non-hydrogen) atoms. The number of nitrogens with one attached hydrogen (secondary N) is 2. The summed E-state index contributed by atoms with van der Waals surface area (Å²) < 4.78 is 24.2. The van der Waals surface area contributed by atoms with E-state index in [1.807, 2.05) is 16.5 Å². The van der Waals surface area contributed by atoms with Crippen LogP contribution in [0.1, 0.15) is 6.42 Å². The highest BCUT2D eigenvalue weighted by Crippen LogP contribution is 2.47. The van der Waals surface area contributed by atoms with E-state index in [2.05, 4.69) is 27.2 Å². The topological polar surface area (TPSA) is 121 Å². The smallest absolute Gasteiger partial charge is 0.247 e. The first-order chi connectivity index (χ1) is 20.9. The Morgan fingerprint density at radius 2 is 1.88 bits per heavy atom. The molecule has 1 aliphatic rings. The third-order valence-electron chi connectivity index (χ3n) is 6.92. The van der Waals surface area contributed by atoms with Gasteiger partial charge in [-0.15, -0.1) is 0 Å². The number of rotatable bonds is 9. The van der Waals surface area contributed by atoms with Crippen molar-refractivity contribution >= 4 is 63.1 Å². The number of aromatic nitrogens is 4. The molecule has 1 amide bonds. The number of pyridine rings is 1. The van der Waals surface area contributed by atoms with Gasteiger partial charge in [0.05, 0.1) is 48.9 Å². The number of imidazole rings is 1. The maximum atomic E-state index is 12.2. The number of hydrogen-bond donors (Lipinski definition) is 2. The summed E-state index contributed by atoms with van der Waals surface area (Å²) in [5.74, 6) is 1.33. The summed E-state index contributed by atoms with van der Waals surface area (Å²) in [5.41, 5.74) is 3.33. The summed E-state index contributed by atoms with van der Waals surface area (Å²) in [4.78, 5) is 26.1. The molecule has 6 rings (SSSR count). The minimum absolute atomic E-state index is 0.0455. The van der Waals surface area contributed by atoms with Crippen LogP contribution >= 0.6 is 23.2 Å². The highest BCUT2D eigenvalue weighted by molar-refractivity contribution is 6.41. The van der Waals surface area contributed by atoms with E-state index in [-0.39, 0.29) is 12.0 Å². The lowest BCUT2D eigenvalue weighted by Gasteiger charge is -2.17. The van der Waals surface area contributed by atoms with Crippen molar-refractivity contribution in [2.75, 3.05) is 38.1 Å². The largest absolute Gasteiger partial charge is 0.495 e. The van der Waals surface area contributed by atoms with E-state index in [0.29, 0.717) is 85.6 Å². The number of benzene rings is 2. The number of methoxy groups -OCH3 is 2. The van der Waals surface area contributed by atoms with Crippen LogP contribution in [0, 0.1) is 0 Å². The number of fused-ring (bicyclic) bond motifs is 3. The average molecular weight is 621 g/mol. The molecule has 4 heterocycles. The Balaban J connectivity index is 1.40. The van der Waals surface area contributed by atoms with Crippen LogP contribution in [-0.4, -0.2) is 58.8 Å². The molecule has 0 bridgehead atoms. The van der Waals surface area contributed by atoms with Crippen molar-refractivity contribution in [2.24, 2.45) is 0 Å². The lowest BCUT2D eigenvalue weighted by molar-refractivity contribution is -0.111. The van der Waals surface area contributed by atoms with E-state index >= 15 is 0 Å². The second-order valence-electron chi connectivity index (χ2n) is 9.56. The molecule has 2 N–H and O–H groups in total. The van der Waals surface area contributed by atoms with Crippen molar-refractivity contribution in [3.8, 4) is 28.4 Å². The maximum absolute atomic E-state index is 12.2. The normalized spacial score (nSPS) is 14.6. The van der Waals surface area contributed by atoms with Gasteiger partial charge in [-0.1, -0.05) is 29.8 Å². The lowest BCUT2D eigenvalue weighted by Crippen LogP contribution is -2.16. The first-order valence-electron chi connectivity index (χ1n) is 13.2. The molecule has 3 aromatic heterocycles. The third kappa shape index (κ3) is 5.50. The zero-order chi connectivity index (χ0) is 30.1. The van der Waals surface area contributed by atoms with Crippen molar-refractivity contribution in [1.29, 1.82) is 0 Å². The van der Waals surface area contributed by atoms with Crippen molar-refractivity contribution < 1.29 is 23.7 Å². The molecule has 1 aliphatic heterocycles. The number of carbonyl (C=O) groups excluding carboxylic acids is 1. The van der Waals surface area contributed by atoms with Gasteiger partial charge in [0.2, 0.25) is 11.9 Å². The average Bonchev–Trinajstić information content (AvgIpc) is 3.72. The molecule has 1 fully saturated rings. The molecule has 11 nitrogen and oxygen atoms in total. The fourth-order valence-electron chi connectivity index (χ4n) is 4.85. The first kappa shape index (κ1) is 28.5.